The first-order valence-electron chi connectivity index (χ1n) is 9.92. The van der Waals surface area contributed by atoms with Crippen LogP contribution in [0.4, 0.5) is 0 Å². The fraction of sp³-hybridized carbons (Fsp3) is 0.619. The molecule has 0 aliphatic heterocycles. The van der Waals surface area contributed by atoms with Crippen LogP contribution in [0.3, 0.4) is 0 Å². The third-order valence-electron chi connectivity index (χ3n) is 6.05. The van der Waals surface area contributed by atoms with E-state index in [1.165, 1.54) is 4.57 Å². The van der Waals surface area contributed by atoms with Crippen LogP contribution in [0.15, 0.2) is 27.9 Å². The molecule has 2 aromatic rings. The van der Waals surface area contributed by atoms with Crippen molar-refractivity contribution in [3.8, 4) is 0 Å². The van der Waals surface area contributed by atoms with Crippen LogP contribution in [0.1, 0.15) is 44.8 Å². The van der Waals surface area contributed by atoms with Gasteiger partial charge in [-0.25, -0.2) is 9.36 Å². The van der Waals surface area contributed by atoms with E-state index in [2.05, 4.69) is 20.8 Å². The molecule has 6 heteroatoms. The van der Waals surface area contributed by atoms with E-state index in [-0.39, 0.29) is 17.5 Å². The average molecular weight is 390 g/mol. The monoisotopic (exact) mass is 389 g/mol. The molecular formula is C21H31N3O2S. The van der Waals surface area contributed by atoms with Crippen molar-refractivity contribution in [2.45, 2.75) is 51.5 Å². The van der Waals surface area contributed by atoms with Gasteiger partial charge in [0.15, 0.2) is 0 Å². The summed E-state index contributed by atoms with van der Waals surface area (Å²) in [6, 6.07) is 5.88. The molecule has 0 bridgehead atoms. The van der Waals surface area contributed by atoms with Gasteiger partial charge in [0.1, 0.15) is 0 Å². The number of rotatable bonds is 5. The smallest absolute Gasteiger partial charge is 0.329 e. The van der Waals surface area contributed by atoms with Crippen molar-refractivity contribution in [1.29, 1.82) is 0 Å². The van der Waals surface area contributed by atoms with Crippen LogP contribution in [0.2, 0.25) is 0 Å². The lowest BCUT2D eigenvalue weighted by molar-refractivity contribution is 0.0633. The topological polar surface area (TPSA) is 70.0 Å². The van der Waals surface area contributed by atoms with E-state index in [4.69, 9.17) is 5.73 Å². The summed E-state index contributed by atoms with van der Waals surface area (Å²) in [5.41, 5.74) is 7.00. The highest BCUT2D eigenvalue weighted by atomic mass is 32.2. The third-order valence-corrected chi connectivity index (χ3v) is 6.77. The number of hydrogen-bond acceptors (Lipinski definition) is 4. The van der Waals surface area contributed by atoms with Crippen LogP contribution >= 0.6 is 11.8 Å². The minimum absolute atomic E-state index is 0.0390. The van der Waals surface area contributed by atoms with Crippen LogP contribution in [-0.4, -0.2) is 27.8 Å². The van der Waals surface area contributed by atoms with Crippen molar-refractivity contribution in [2.24, 2.45) is 29.4 Å². The van der Waals surface area contributed by atoms with Crippen LogP contribution in [0.5, 0.6) is 0 Å². The van der Waals surface area contributed by atoms with Crippen molar-refractivity contribution in [3.63, 3.8) is 0 Å². The highest BCUT2D eigenvalue weighted by Crippen LogP contribution is 2.39. The molecule has 1 unspecified atom stereocenters. The minimum Gasteiger partial charge on any atom is -0.329 e. The van der Waals surface area contributed by atoms with Gasteiger partial charge in [0.05, 0.1) is 11.0 Å². The number of fused-ring (bicyclic) bond motifs is 1. The Morgan fingerprint density at radius 1 is 1.30 bits per heavy atom. The van der Waals surface area contributed by atoms with E-state index in [0.717, 1.165) is 29.7 Å². The van der Waals surface area contributed by atoms with Crippen molar-refractivity contribution in [3.05, 3.63) is 28.7 Å². The zero-order chi connectivity index (χ0) is 19.7. The number of thioether (sulfide) groups is 1. The number of imidazole rings is 1. The molecule has 1 heterocycles. The normalized spacial score (nSPS) is 23.3. The number of aromatic nitrogens is 2. The first kappa shape index (κ1) is 20.2. The van der Waals surface area contributed by atoms with Crippen LogP contribution in [-0.2, 0) is 6.54 Å². The maximum atomic E-state index is 13.6. The van der Waals surface area contributed by atoms with Crippen molar-refractivity contribution < 1.29 is 4.79 Å². The Morgan fingerprint density at radius 3 is 2.67 bits per heavy atom. The van der Waals surface area contributed by atoms with Gasteiger partial charge in [-0.05, 0) is 55.1 Å². The highest BCUT2D eigenvalue weighted by molar-refractivity contribution is 7.98. The molecule has 0 radical (unpaired) electrons. The van der Waals surface area contributed by atoms with Crippen molar-refractivity contribution in [2.75, 3.05) is 12.8 Å². The van der Waals surface area contributed by atoms with Gasteiger partial charge in [-0.3, -0.25) is 9.36 Å². The van der Waals surface area contributed by atoms with E-state index in [1.807, 2.05) is 24.5 Å². The molecule has 1 aromatic heterocycles. The summed E-state index contributed by atoms with van der Waals surface area (Å²) in [5, 5.41) is 0. The Bertz CT molecular complexity index is 883. The van der Waals surface area contributed by atoms with Gasteiger partial charge in [0, 0.05) is 23.9 Å². The predicted molar refractivity (Wildman–Crippen MR) is 112 cm³/mol. The summed E-state index contributed by atoms with van der Waals surface area (Å²) in [6.07, 6.45) is 5.08. The van der Waals surface area contributed by atoms with Gasteiger partial charge in [-0.2, -0.15) is 0 Å². The standard InChI is InChI=1S/C21H31N3O2S/c1-13(2)16-7-5-14(3)11-17(16)20(25)24-18-8-6-15(27-4)12-19(18)23(10-9-22)21(24)26/h6,8,12-14,16-17H,5,7,9-11,22H2,1-4H3/t14-,16+,17?/m1/s1. The molecule has 1 saturated carbocycles. The Hall–Kier alpha value is -1.53. The molecule has 0 spiro atoms. The molecule has 3 atom stereocenters. The fourth-order valence-electron chi connectivity index (χ4n) is 4.57. The second-order valence-electron chi connectivity index (χ2n) is 8.18. The minimum atomic E-state index is -0.251. The fourth-order valence-corrected chi connectivity index (χ4v) is 5.01. The van der Waals surface area contributed by atoms with E-state index >= 15 is 0 Å². The van der Waals surface area contributed by atoms with E-state index < -0.39 is 0 Å². The Labute approximate surface area is 165 Å². The predicted octanol–water partition coefficient (Wildman–Crippen LogP) is 3.83. The second kappa shape index (κ2) is 8.23. The van der Waals surface area contributed by atoms with Gasteiger partial charge < -0.3 is 5.73 Å². The molecule has 148 valence electrons. The van der Waals surface area contributed by atoms with Crippen LogP contribution < -0.4 is 11.4 Å². The van der Waals surface area contributed by atoms with Gasteiger partial charge in [0.25, 0.3) is 0 Å². The zero-order valence-corrected chi connectivity index (χ0v) is 17.6. The zero-order valence-electron chi connectivity index (χ0n) is 16.8. The van der Waals surface area contributed by atoms with Gasteiger partial charge in [0.2, 0.25) is 5.91 Å². The molecule has 2 N–H and O–H groups in total. The highest BCUT2D eigenvalue weighted by Gasteiger charge is 2.37. The van der Waals surface area contributed by atoms with Gasteiger partial charge in [-0.15, -0.1) is 11.8 Å². The molecule has 3 rings (SSSR count). The number of carbonyl (C=O) groups excluding carboxylic acids is 1. The summed E-state index contributed by atoms with van der Waals surface area (Å²) in [7, 11) is 0. The lowest BCUT2D eigenvalue weighted by atomic mass is 9.69. The summed E-state index contributed by atoms with van der Waals surface area (Å²) in [6.45, 7) is 7.37. The Balaban J connectivity index is 2.13. The molecule has 27 heavy (non-hydrogen) atoms. The number of nitrogens with zero attached hydrogens (tertiary/aromatic N) is 2. The van der Waals surface area contributed by atoms with Crippen molar-refractivity contribution in [1.82, 2.24) is 9.13 Å². The second-order valence-corrected chi connectivity index (χ2v) is 9.06. The maximum Gasteiger partial charge on any atom is 0.336 e. The van der Waals surface area contributed by atoms with Crippen molar-refractivity contribution >= 4 is 28.7 Å². The summed E-state index contributed by atoms with van der Waals surface area (Å²) < 4.78 is 3.08. The average Bonchev–Trinajstić information content (AvgIpc) is 2.92. The quantitative estimate of drug-likeness (QED) is 0.789. The molecule has 0 saturated heterocycles. The summed E-state index contributed by atoms with van der Waals surface area (Å²) in [4.78, 5) is 27.8. The number of benzene rings is 1. The van der Waals surface area contributed by atoms with Gasteiger partial charge in [-0.1, -0.05) is 27.2 Å². The molecular weight excluding hydrogens is 358 g/mol. The first-order valence-corrected chi connectivity index (χ1v) is 11.1. The molecule has 1 aliphatic carbocycles. The molecule has 1 fully saturated rings. The van der Waals surface area contributed by atoms with E-state index in [1.54, 1.807) is 16.3 Å². The van der Waals surface area contributed by atoms with Crippen LogP contribution in [0, 0.1) is 23.7 Å². The van der Waals surface area contributed by atoms with Gasteiger partial charge >= 0.3 is 5.69 Å². The third kappa shape index (κ3) is 3.74. The number of carbonyl (C=O) groups is 1. The van der Waals surface area contributed by atoms with E-state index in [9.17, 15) is 9.59 Å². The summed E-state index contributed by atoms with van der Waals surface area (Å²) >= 11 is 1.63. The number of nitrogens with two attached hydrogens (primary N) is 1. The Kier molecular flexibility index (Phi) is 6.16. The van der Waals surface area contributed by atoms with Crippen LogP contribution in [0.25, 0.3) is 11.0 Å². The molecule has 1 aromatic carbocycles. The molecule has 1 aliphatic rings. The Morgan fingerprint density at radius 2 is 2.04 bits per heavy atom. The molecule has 5 nitrogen and oxygen atoms in total. The largest absolute Gasteiger partial charge is 0.336 e. The van der Waals surface area contributed by atoms with E-state index in [0.29, 0.717) is 36.4 Å². The lowest BCUT2D eigenvalue weighted by Crippen LogP contribution is -2.40. The number of hydrogen-bond donors (Lipinski definition) is 1. The lowest BCUT2D eigenvalue weighted by Gasteiger charge is -2.36. The first-order chi connectivity index (χ1) is 12.9. The SMILES string of the molecule is CSc1ccc2c(c1)n(CCN)c(=O)n2C(=O)C1C[C@H](C)CC[C@H]1C(C)C. The maximum absolute atomic E-state index is 13.6. The summed E-state index contributed by atoms with van der Waals surface area (Å²) in [5.74, 6) is 1.15. The molecule has 0 amide bonds.